The summed E-state index contributed by atoms with van der Waals surface area (Å²) in [5, 5.41) is 2.94. The Hall–Kier alpha value is -1.06. The first-order valence-electron chi connectivity index (χ1n) is 7.72. The standard InChI is InChI=1S/C16H30N2O2/c1-8-11(4)18-12(9-10(2)3)14(19)17-13(15(18)20)16(5,6)7/h10-13H,8-9H2,1-7H3,(H,17,19). The summed E-state index contributed by atoms with van der Waals surface area (Å²) in [7, 11) is 0. The Morgan fingerprint density at radius 1 is 1.20 bits per heavy atom. The first kappa shape index (κ1) is 17.0. The molecule has 3 atom stereocenters. The van der Waals surface area contributed by atoms with Crippen molar-refractivity contribution in [3.05, 3.63) is 0 Å². The van der Waals surface area contributed by atoms with E-state index in [4.69, 9.17) is 0 Å². The van der Waals surface area contributed by atoms with Crippen molar-refractivity contribution in [3.8, 4) is 0 Å². The molecule has 0 bridgehead atoms. The van der Waals surface area contributed by atoms with E-state index in [2.05, 4.69) is 26.1 Å². The van der Waals surface area contributed by atoms with E-state index in [1.54, 1.807) is 0 Å². The van der Waals surface area contributed by atoms with Gasteiger partial charge in [-0.25, -0.2) is 0 Å². The highest BCUT2D eigenvalue weighted by Crippen LogP contribution is 2.28. The van der Waals surface area contributed by atoms with Gasteiger partial charge in [-0.3, -0.25) is 9.59 Å². The van der Waals surface area contributed by atoms with Crippen molar-refractivity contribution in [1.82, 2.24) is 10.2 Å². The zero-order valence-electron chi connectivity index (χ0n) is 14.0. The van der Waals surface area contributed by atoms with Gasteiger partial charge in [0, 0.05) is 6.04 Å². The van der Waals surface area contributed by atoms with Crippen LogP contribution in [0.3, 0.4) is 0 Å². The van der Waals surface area contributed by atoms with E-state index in [0.717, 1.165) is 12.8 Å². The molecule has 1 aliphatic heterocycles. The number of hydrogen-bond acceptors (Lipinski definition) is 2. The van der Waals surface area contributed by atoms with Crippen LogP contribution in [-0.2, 0) is 9.59 Å². The highest BCUT2D eigenvalue weighted by molar-refractivity contribution is 5.97. The van der Waals surface area contributed by atoms with Crippen molar-refractivity contribution in [1.29, 1.82) is 0 Å². The zero-order chi connectivity index (χ0) is 15.7. The molecule has 20 heavy (non-hydrogen) atoms. The van der Waals surface area contributed by atoms with Crippen LogP contribution >= 0.6 is 0 Å². The molecule has 0 radical (unpaired) electrons. The van der Waals surface area contributed by atoms with Gasteiger partial charge in [0.15, 0.2) is 0 Å². The Morgan fingerprint density at radius 3 is 2.15 bits per heavy atom. The number of carbonyl (C=O) groups is 2. The third-order valence-electron chi connectivity index (χ3n) is 4.05. The van der Waals surface area contributed by atoms with Crippen LogP contribution in [0.15, 0.2) is 0 Å². The Morgan fingerprint density at radius 2 is 1.75 bits per heavy atom. The molecule has 1 rings (SSSR count). The van der Waals surface area contributed by atoms with Crippen molar-refractivity contribution in [2.24, 2.45) is 11.3 Å². The fourth-order valence-corrected chi connectivity index (χ4v) is 2.70. The van der Waals surface area contributed by atoms with Crippen molar-refractivity contribution in [3.63, 3.8) is 0 Å². The molecule has 4 nitrogen and oxygen atoms in total. The maximum atomic E-state index is 12.8. The Balaban J connectivity index is 3.11. The van der Waals surface area contributed by atoms with Crippen LogP contribution in [-0.4, -0.2) is 34.8 Å². The highest BCUT2D eigenvalue weighted by atomic mass is 16.2. The SMILES string of the molecule is CCC(C)N1C(=O)C(C(C)(C)C)NC(=O)C1CC(C)C. The molecule has 3 unspecified atom stereocenters. The number of carbonyl (C=O) groups excluding carboxylic acids is 2. The minimum atomic E-state index is -0.424. The molecule has 0 aromatic rings. The Bertz CT molecular complexity index is 371. The lowest BCUT2D eigenvalue weighted by molar-refractivity contribution is -0.155. The Kier molecular flexibility index (Phi) is 5.22. The molecule has 1 fully saturated rings. The van der Waals surface area contributed by atoms with Gasteiger partial charge in [-0.05, 0) is 31.1 Å². The molecule has 0 aromatic carbocycles. The lowest BCUT2D eigenvalue weighted by atomic mass is 9.82. The van der Waals surface area contributed by atoms with Gasteiger partial charge in [0.2, 0.25) is 11.8 Å². The maximum absolute atomic E-state index is 12.8. The first-order valence-corrected chi connectivity index (χ1v) is 7.72. The van der Waals surface area contributed by atoms with E-state index in [1.807, 2.05) is 32.6 Å². The van der Waals surface area contributed by atoms with E-state index >= 15 is 0 Å². The average Bonchev–Trinajstić information content (AvgIpc) is 2.30. The highest BCUT2D eigenvalue weighted by Gasteiger charge is 2.46. The fraction of sp³-hybridized carbons (Fsp3) is 0.875. The van der Waals surface area contributed by atoms with Gasteiger partial charge >= 0.3 is 0 Å². The minimum absolute atomic E-state index is 0.00137. The summed E-state index contributed by atoms with van der Waals surface area (Å²) in [4.78, 5) is 27.1. The predicted molar refractivity (Wildman–Crippen MR) is 81.2 cm³/mol. The molecule has 2 amide bonds. The van der Waals surface area contributed by atoms with Gasteiger partial charge < -0.3 is 10.2 Å². The second-order valence-electron chi connectivity index (χ2n) is 7.46. The number of nitrogens with one attached hydrogen (secondary N) is 1. The van der Waals surface area contributed by atoms with E-state index in [-0.39, 0.29) is 29.3 Å². The van der Waals surface area contributed by atoms with Crippen LogP contribution in [0.25, 0.3) is 0 Å². The average molecular weight is 282 g/mol. The molecule has 116 valence electrons. The molecule has 0 aliphatic carbocycles. The monoisotopic (exact) mass is 282 g/mol. The molecule has 4 heteroatoms. The molecule has 0 saturated carbocycles. The van der Waals surface area contributed by atoms with Crippen LogP contribution in [0.1, 0.15) is 61.3 Å². The molecule has 1 heterocycles. The van der Waals surface area contributed by atoms with Gasteiger partial charge in [0.05, 0.1) is 0 Å². The number of hydrogen-bond donors (Lipinski definition) is 1. The van der Waals surface area contributed by atoms with Crippen molar-refractivity contribution in [2.45, 2.75) is 79.4 Å². The van der Waals surface area contributed by atoms with Crippen LogP contribution in [0, 0.1) is 11.3 Å². The van der Waals surface area contributed by atoms with Crippen molar-refractivity contribution < 1.29 is 9.59 Å². The van der Waals surface area contributed by atoms with Crippen LogP contribution in [0.2, 0.25) is 0 Å². The Labute approximate surface area is 123 Å². The van der Waals surface area contributed by atoms with E-state index in [1.165, 1.54) is 0 Å². The molecular weight excluding hydrogens is 252 g/mol. The quantitative estimate of drug-likeness (QED) is 0.861. The van der Waals surface area contributed by atoms with Gasteiger partial charge in [-0.2, -0.15) is 0 Å². The first-order chi connectivity index (χ1) is 9.09. The minimum Gasteiger partial charge on any atom is -0.342 e. The molecule has 0 aromatic heterocycles. The molecule has 1 N–H and O–H groups in total. The number of rotatable bonds is 4. The molecular formula is C16H30N2O2. The van der Waals surface area contributed by atoms with Crippen molar-refractivity contribution >= 4 is 11.8 Å². The van der Waals surface area contributed by atoms with Gasteiger partial charge in [0.25, 0.3) is 0 Å². The van der Waals surface area contributed by atoms with E-state index < -0.39 is 6.04 Å². The summed E-state index contributed by atoms with van der Waals surface area (Å²) in [6.07, 6.45) is 1.59. The number of nitrogens with zero attached hydrogens (tertiary/aromatic N) is 1. The third-order valence-corrected chi connectivity index (χ3v) is 4.05. The van der Waals surface area contributed by atoms with Crippen molar-refractivity contribution in [2.75, 3.05) is 0 Å². The summed E-state index contributed by atoms with van der Waals surface area (Å²) < 4.78 is 0. The summed E-state index contributed by atoms with van der Waals surface area (Å²) in [5.74, 6) is 0.451. The van der Waals surface area contributed by atoms with Crippen LogP contribution in [0.4, 0.5) is 0 Å². The topological polar surface area (TPSA) is 49.4 Å². The van der Waals surface area contributed by atoms with Crippen LogP contribution in [0.5, 0.6) is 0 Å². The summed E-state index contributed by atoms with van der Waals surface area (Å²) in [5.41, 5.74) is -0.263. The third kappa shape index (κ3) is 3.53. The lowest BCUT2D eigenvalue weighted by Gasteiger charge is -2.46. The normalized spacial score (nSPS) is 25.9. The maximum Gasteiger partial charge on any atom is 0.246 e. The number of piperazine rings is 1. The van der Waals surface area contributed by atoms with E-state index in [9.17, 15) is 9.59 Å². The molecule has 0 spiro atoms. The summed E-state index contributed by atoms with van der Waals surface area (Å²) in [6.45, 7) is 14.2. The largest absolute Gasteiger partial charge is 0.342 e. The zero-order valence-corrected chi connectivity index (χ0v) is 14.0. The second kappa shape index (κ2) is 6.15. The molecule has 1 aliphatic rings. The summed E-state index contributed by atoms with van der Waals surface area (Å²) >= 11 is 0. The fourth-order valence-electron chi connectivity index (χ4n) is 2.70. The number of amides is 2. The van der Waals surface area contributed by atoms with Gasteiger partial charge in [-0.1, -0.05) is 41.5 Å². The smallest absolute Gasteiger partial charge is 0.246 e. The lowest BCUT2D eigenvalue weighted by Crippen LogP contribution is -2.68. The van der Waals surface area contributed by atoms with Gasteiger partial charge in [-0.15, -0.1) is 0 Å². The summed E-state index contributed by atoms with van der Waals surface area (Å²) in [6, 6.07) is -0.648. The van der Waals surface area contributed by atoms with E-state index in [0.29, 0.717) is 5.92 Å². The second-order valence-corrected chi connectivity index (χ2v) is 7.46. The predicted octanol–water partition coefficient (Wildman–Crippen LogP) is 2.57. The van der Waals surface area contributed by atoms with Gasteiger partial charge in [0.1, 0.15) is 12.1 Å². The molecule has 1 saturated heterocycles. The van der Waals surface area contributed by atoms with Crippen LogP contribution < -0.4 is 5.32 Å².